The van der Waals surface area contributed by atoms with Crippen molar-refractivity contribution in [3.63, 3.8) is 0 Å². The molecule has 2 heterocycles. The van der Waals surface area contributed by atoms with Crippen LogP contribution >= 0.6 is 11.6 Å². The number of carbonyl (C=O) groups is 2. The van der Waals surface area contributed by atoms with E-state index in [4.69, 9.17) is 16.7 Å². The van der Waals surface area contributed by atoms with Crippen LogP contribution < -0.4 is 5.32 Å². The van der Waals surface area contributed by atoms with Crippen LogP contribution in [0, 0.1) is 6.92 Å². The Morgan fingerprint density at radius 1 is 1.57 bits per heavy atom. The van der Waals surface area contributed by atoms with Gasteiger partial charge in [0.2, 0.25) is 5.91 Å². The molecule has 1 aliphatic heterocycles. The standard InChI is InChI=1S/C13H19ClN4O3/c1-3-18-10(12(14)8(2)16-18)7-17-5-4-15-13(21)9(17)6-11(19)20/h9H,3-7H2,1-2H3,(H,15,21)(H,19,20). The van der Waals surface area contributed by atoms with Crippen molar-refractivity contribution in [1.29, 1.82) is 0 Å². The summed E-state index contributed by atoms with van der Waals surface area (Å²) in [7, 11) is 0. The third-order valence-electron chi connectivity index (χ3n) is 3.62. The molecule has 1 fully saturated rings. The molecule has 116 valence electrons. The molecule has 0 bridgehead atoms. The van der Waals surface area contributed by atoms with Crippen molar-refractivity contribution in [2.24, 2.45) is 0 Å². The van der Waals surface area contributed by atoms with Crippen LogP contribution in [0.15, 0.2) is 0 Å². The predicted molar refractivity (Wildman–Crippen MR) is 77.1 cm³/mol. The zero-order chi connectivity index (χ0) is 15.6. The largest absolute Gasteiger partial charge is 0.481 e. The molecule has 1 aromatic rings. The van der Waals surface area contributed by atoms with E-state index in [0.717, 1.165) is 11.4 Å². The van der Waals surface area contributed by atoms with Gasteiger partial charge in [-0.05, 0) is 13.8 Å². The van der Waals surface area contributed by atoms with Gasteiger partial charge in [-0.3, -0.25) is 19.2 Å². The Bertz CT molecular complexity index is 558. The Balaban J connectivity index is 2.23. The second-order valence-electron chi connectivity index (χ2n) is 5.04. The summed E-state index contributed by atoms with van der Waals surface area (Å²) < 4.78 is 1.79. The van der Waals surface area contributed by atoms with Gasteiger partial charge >= 0.3 is 5.97 Å². The van der Waals surface area contributed by atoms with E-state index in [0.29, 0.717) is 31.2 Å². The van der Waals surface area contributed by atoms with E-state index in [-0.39, 0.29) is 12.3 Å². The number of amides is 1. The maximum atomic E-state index is 11.9. The topological polar surface area (TPSA) is 87.5 Å². The number of halogens is 1. The number of aryl methyl sites for hydroxylation is 2. The van der Waals surface area contributed by atoms with Crippen LogP contribution in [0.5, 0.6) is 0 Å². The molecule has 0 aliphatic carbocycles. The predicted octanol–water partition coefficient (Wildman–Crippen LogP) is 0.640. The fourth-order valence-corrected chi connectivity index (χ4v) is 2.75. The number of hydrogen-bond donors (Lipinski definition) is 2. The summed E-state index contributed by atoms with van der Waals surface area (Å²) in [5, 5.41) is 16.6. The van der Waals surface area contributed by atoms with Crippen LogP contribution in [0.1, 0.15) is 24.7 Å². The highest BCUT2D eigenvalue weighted by Crippen LogP contribution is 2.23. The lowest BCUT2D eigenvalue weighted by Gasteiger charge is -2.34. The minimum Gasteiger partial charge on any atom is -0.481 e. The van der Waals surface area contributed by atoms with E-state index in [9.17, 15) is 9.59 Å². The minimum absolute atomic E-state index is 0.220. The first kappa shape index (κ1) is 15.8. The lowest BCUT2D eigenvalue weighted by Crippen LogP contribution is -2.55. The maximum absolute atomic E-state index is 11.9. The second-order valence-corrected chi connectivity index (χ2v) is 5.41. The monoisotopic (exact) mass is 314 g/mol. The summed E-state index contributed by atoms with van der Waals surface area (Å²) in [5.41, 5.74) is 1.56. The molecule has 0 radical (unpaired) electrons. The van der Waals surface area contributed by atoms with Crippen molar-refractivity contribution in [3.05, 3.63) is 16.4 Å². The SMILES string of the molecule is CCn1nc(C)c(Cl)c1CN1CCNC(=O)C1CC(=O)O. The number of carboxylic acids is 1. The Labute approximate surface area is 127 Å². The van der Waals surface area contributed by atoms with E-state index < -0.39 is 12.0 Å². The molecule has 8 heteroatoms. The van der Waals surface area contributed by atoms with Gasteiger partial charge in [-0.2, -0.15) is 5.10 Å². The summed E-state index contributed by atoms with van der Waals surface area (Å²) in [6, 6.07) is -0.673. The van der Waals surface area contributed by atoms with Gasteiger partial charge in [0.15, 0.2) is 0 Å². The molecule has 1 aromatic heterocycles. The second kappa shape index (κ2) is 6.44. The van der Waals surface area contributed by atoms with Crippen molar-refractivity contribution in [1.82, 2.24) is 20.0 Å². The average molecular weight is 315 g/mol. The van der Waals surface area contributed by atoms with Crippen molar-refractivity contribution in [2.45, 2.75) is 39.4 Å². The Hall–Kier alpha value is -1.60. The molecule has 7 nitrogen and oxygen atoms in total. The highest BCUT2D eigenvalue weighted by Gasteiger charge is 2.32. The fraction of sp³-hybridized carbons (Fsp3) is 0.615. The molecule has 1 atom stereocenters. The van der Waals surface area contributed by atoms with Gasteiger partial charge in [0.05, 0.1) is 22.8 Å². The highest BCUT2D eigenvalue weighted by molar-refractivity contribution is 6.31. The van der Waals surface area contributed by atoms with E-state index in [1.54, 1.807) is 4.68 Å². The molecule has 1 amide bonds. The molecule has 0 aromatic carbocycles. The zero-order valence-corrected chi connectivity index (χ0v) is 12.9. The van der Waals surface area contributed by atoms with Crippen molar-refractivity contribution in [2.75, 3.05) is 13.1 Å². The first-order valence-corrected chi connectivity index (χ1v) is 7.27. The Kier molecular flexibility index (Phi) is 4.84. The van der Waals surface area contributed by atoms with Crippen molar-refractivity contribution < 1.29 is 14.7 Å². The van der Waals surface area contributed by atoms with Gasteiger partial charge in [-0.25, -0.2) is 0 Å². The van der Waals surface area contributed by atoms with E-state index in [1.807, 2.05) is 18.7 Å². The highest BCUT2D eigenvalue weighted by atomic mass is 35.5. The summed E-state index contributed by atoms with van der Waals surface area (Å²) in [6.45, 7) is 5.98. The van der Waals surface area contributed by atoms with Crippen LogP contribution in [-0.2, 0) is 22.7 Å². The number of carbonyl (C=O) groups excluding carboxylic acids is 1. The molecule has 2 rings (SSSR count). The van der Waals surface area contributed by atoms with Crippen LogP contribution in [0.3, 0.4) is 0 Å². The molecular weight excluding hydrogens is 296 g/mol. The number of rotatable bonds is 5. The molecule has 21 heavy (non-hydrogen) atoms. The van der Waals surface area contributed by atoms with Crippen molar-refractivity contribution in [3.8, 4) is 0 Å². The van der Waals surface area contributed by atoms with Gasteiger partial charge < -0.3 is 10.4 Å². The minimum atomic E-state index is -0.992. The van der Waals surface area contributed by atoms with Crippen LogP contribution in [-0.4, -0.2) is 50.8 Å². The van der Waals surface area contributed by atoms with Crippen LogP contribution in [0.4, 0.5) is 0 Å². The van der Waals surface area contributed by atoms with E-state index in [1.165, 1.54) is 0 Å². The summed E-state index contributed by atoms with van der Waals surface area (Å²) >= 11 is 6.27. The summed E-state index contributed by atoms with van der Waals surface area (Å²) in [6.07, 6.45) is -0.220. The summed E-state index contributed by atoms with van der Waals surface area (Å²) in [5.74, 6) is -1.24. The number of hydrogen-bond acceptors (Lipinski definition) is 4. The van der Waals surface area contributed by atoms with Crippen molar-refractivity contribution >= 4 is 23.5 Å². The molecule has 1 unspecified atom stereocenters. The molecule has 1 saturated heterocycles. The molecule has 0 spiro atoms. The third-order valence-corrected chi connectivity index (χ3v) is 4.11. The molecular formula is C13H19ClN4O3. The zero-order valence-electron chi connectivity index (χ0n) is 12.1. The van der Waals surface area contributed by atoms with Gasteiger partial charge in [0.1, 0.15) is 6.04 Å². The molecule has 2 N–H and O–H groups in total. The van der Waals surface area contributed by atoms with Crippen LogP contribution in [0.2, 0.25) is 5.02 Å². The first-order chi connectivity index (χ1) is 9.93. The lowest BCUT2D eigenvalue weighted by atomic mass is 10.1. The molecule has 0 saturated carbocycles. The molecule has 1 aliphatic rings. The number of nitrogens with zero attached hydrogens (tertiary/aromatic N) is 3. The van der Waals surface area contributed by atoms with E-state index in [2.05, 4.69) is 10.4 Å². The Morgan fingerprint density at radius 3 is 2.90 bits per heavy atom. The quantitative estimate of drug-likeness (QED) is 0.833. The fourth-order valence-electron chi connectivity index (χ4n) is 2.55. The Morgan fingerprint density at radius 2 is 2.29 bits per heavy atom. The van der Waals surface area contributed by atoms with Gasteiger partial charge in [0.25, 0.3) is 0 Å². The van der Waals surface area contributed by atoms with Gasteiger partial charge in [0, 0.05) is 26.2 Å². The number of piperazine rings is 1. The summed E-state index contributed by atoms with van der Waals surface area (Å²) in [4.78, 5) is 24.7. The average Bonchev–Trinajstić information content (AvgIpc) is 2.70. The lowest BCUT2D eigenvalue weighted by molar-refractivity contribution is -0.143. The van der Waals surface area contributed by atoms with Gasteiger partial charge in [-0.1, -0.05) is 11.6 Å². The smallest absolute Gasteiger partial charge is 0.305 e. The number of nitrogens with one attached hydrogen (secondary N) is 1. The normalized spacial score (nSPS) is 19.6. The number of carboxylic acid groups (broad SMARTS) is 1. The first-order valence-electron chi connectivity index (χ1n) is 6.89. The van der Waals surface area contributed by atoms with Crippen LogP contribution in [0.25, 0.3) is 0 Å². The number of aliphatic carboxylic acids is 1. The van der Waals surface area contributed by atoms with E-state index >= 15 is 0 Å². The maximum Gasteiger partial charge on any atom is 0.305 e. The third kappa shape index (κ3) is 3.36. The van der Waals surface area contributed by atoms with Gasteiger partial charge in [-0.15, -0.1) is 0 Å². The number of aromatic nitrogens is 2.